The van der Waals surface area contributed by atoms with Gasteiger partial charge in [0.25, 0.3) is 0 Å². The molecule has 0 heterocycles. The van der Waals surface area contributed by atoms with Crippen molar-refractivity contribution in [1.82, 2.24) is 10.6 Å². The molecule has 3 N–H and O–H groups in total. The summed E-state index contributed by atoms with van der Waals surface area (Å²) >= 11 is 0. The fourth-order valence-electron chi connectivity index (χ4n) is 4.09. The first kappa shape index (κ1) is 20.9. The highest BCUT2D eigenvalue weighted by Gasteiger charge is 2.32. The standard InChI is InChI=1S/C24H26N2O5/c1-14(22(27)26-21(23(28)29)12-15-10-11-15)25-24(30)31-13-20-18-8-4-2-6-16(18)17-7-3-5-9-19(17)20/h2-9,14-15,20-21H,10-13H2,1H3,(H,25,30)(H,26,27)(H,28,29). The average Bonchev–Trinajstić information content (AvgIpc) is 3.52. The number of fused-ring (bicyclic) bond motifs is 3. The van der Waals surface area contributed by atoms with Crippen LogP contribution in [-0.2, 0) is 14.3 Å². The van der Waals surface area contributed by atoms with Crippen molar-refractivity contribution in [2.45, 2.75) is 44.2 Å². The number of carboxylic acids is 1. The Labute approximate surface area is 180 Å². The van der Waals surface area contributed by atoms with Gasteiger partial charge in [0.1, 0.15) is 18.7 Å². The van der Waals surface area contributed by atoms with E-state index in [4.69, 9.17) is 4.74 Å². The Balaban J connectivity index is 1.33. The van der Waals surface area contributed by atoms with E-state index in [9.17, 15) is 19.5 Å². The molecular weight excluding hydrogens is 396 g/mol. The lowest BCUT2D eigenvalue weighted by Gasteiger charge is -2.19. The Bertz CT molecular complexity index is 955. The van der Waals surface area contributed by atoms with Crippen LogP contribution in [0.2, 0.25) is 0 Å². The Morgan fingerprint density at radius 3 is 2.13 bits per heavy atom. The largest absolute Gasteiger partial charge is 0.480 e. The minimum Gasteiger partial charge on any atom is -0.480 e. The third-order valence-corrected chi connectivity index (χ3v) is 5.95. The smallest absolute Gasteiger partial charge is 0.407 e. The van der Waals surface area contributed by atoms with Crippen LogP contribution in [-0.4, -0.2) is 41.8 Å². The van der Waals surface area contributed by atoms with Gasteiger partial charge >= 0.3 is 12.1 Å². The fraction of sp³-hybridized carbons (Fsp3) is 0.375. The van der Waals surface area contributed by atoms with E-state index in [0.29, 0.717) is 12.3 Å². The van der Waals surface area contributed by atoms with Crippen molar-refractivity contribution in [3.05, 3.63) is 59.7 Å². The number of nitrogens with one attached hydrogen (secondary N) is 2. The summed E-state index contributed by atoms with van der Waals surface area (Å²) in [7, 11) is 0. The van der Waals surface area contributed by atoms with Crippen molar-refractivity contribution < 1.29 is 24.2 Å². The lowest BCUT2D eigenvalue weighted by molar-refractivity contribution is -0.142. The molecular formula is C24H26N2O5. The number of benzene rings is 2. The predicted octanol–water partition coefficient (Wildman–Crippen LogP) is 3.28. The van der Waals surface area contributed by atoms with Gasteiger partial charge in [0.15, 0.2) is 0 Å². The summed E-state index contributed by atoms with van der Waals surface area (Å²) in [6.07, 6.45) is 1.69. The molecule has 0 radical (unpaired) electrons. The Morgan fingerprint density at radius 1 is 1.00 bits per heavy atom. The van der Waals surface area contributed by atoms with Crippen molar-refractivity contribution in [3.8, 4) is 11.1 Å². The molecule has 0 spiro atoms. The molecule has 2 aromatic rings. The van der Waals surface area contributed by atoms with Crippen LogP contribution in [0.4, 0.5) is 4.79 Å². The minimum absolute atomic E-state index is 0.0720. The number of alkyl carbamates (subject to hydrolysis) is 1. The topological polar surface area (TPSA) is 105 Å². The maximum Gasteiger partial charge on any atom is 0.407 e. The highest BCUT2D eigenvalue weighted by molar-refractivity contribution is 5.89. The number of amides is 2. The summed E-state index contributed by atoms with van der Waals surface area (Å²) in [6.45, 7) is 1.65. The summed E-state index contributed by atoms with van der Waals surface area (Å²) in [6, 6.07) is 14.2. The van der Waals surface area contributed by atoms with Crippen molar-refractivity contribution in [2.75, 3.05) is 6.61 Å². The molecule has 0 bridgehead atoms. The Hall–Kier alpha value is -3.35. The summed E-state index contributed by atoms with van der Waals surface area (Å²) in [5, 5.41) is 14.3. The van der Waals surface area contributed by atoms with Crippen LogP contribution in [0.3, 0.4) is 0 Å². The molecule has 1 fully saturated rings. The normalized spacial score (nSPS) is 16.5. The number of carbonyl (C=O) groups is 3. The zero-order chi connectivity index (χ0) is 22.0. The van der Waals surface area contributed by atoms with Gasteiger partial charge < -0.3 is 20.5 Å². The molecule has 162 valence electrons. The van der Waals surface area contributed by atoms with E-state index in [0.717, 1.165) is 35.1 Å². The van der Waals surface area contributed by atoms with E-state index >= 15 is 0 Å². The van der Waals surface area contributed by atoms with E-state index in [1.54, 1.807) is 0 Å². The molecule has 7 nitrogen and oxygen atoms in total. The Morgan fingerprint density at radius 2 is 1.58 bits per heavy atom. The molecule has 0 aromatic heterocycles. The second-order valence-electron chi connectivity index (χ2n) is 8.27. The van der Waals surface area contributed by atoms with Crippen LogP contribution in [0, 0.1) is 5.92 Å². The molecule has 2 atom stereocenters. The van der Waals surface area contributed by atoms with Gasteiger partial charge in [0.2, 0.25) is 5.91 Å². The van der Waals surface area contributed by atoms with Crippen LogP contribution in [0.1, 0.15) is 43.2 Å². The van der Waals surface area contributed by atoms with Gasteiger partial charge in [0, 0.05) is 5.92 Å². The summed E-state index contributed by atoms with van der Waals surface area (Å²) in [5.74, 6) is -1.32. The van der Waals surface area contributed by atoms with Crippen LogP contribution >= 0.6 is 0 Å². The molecule has 2 unspecified atom stereocenters. The van der Waals surface area contributed by atoms with Crippen molar-refractivity contribution >= 4 is 18.0 Å². The third kappa shape index (κ3) is 4.71. The van der Waals surface area contributed by atoms with Gasteiger partial charge in [0.05, 0.1) is 0 Å². The maximum atomic E-state index is 12.3. The van der Waals surface area contributed by atoms with Gasteiger partial charge in [-0.2, -0.15) is 0 Å². The van der Waals surface area contributed by atoms with Crippen LogP contribution in [0.15, 0.2) is 48.5 Å². The van der Waals surface area contributed by atoms with E-state index < -0.39 is 30.1 Å². The number of carboxylic acid groups (broad SMARTS) is 1. The number of aliphatic carboxylic acids is 1. The van der Waals surface area contributed by atoms with Gasteiger partial charge in [-0.3, -0.25) is 4.79 Å². The molecule has 31 heavy (non-hydrogen) atoms. The number of rotatable bonds is 8. The molecule has 7 heteroatoms. The zero-order valence-electron chi connectivity index (χ0n) is 17.3. The number of ether oxygens (including phenoxy) is 1. The molecule has 1 saturated carbocycles. The molecule has 2 amide bonds. The highest BCUT2D eigenvalue weighted by Crippen LogP contribution is 2.44. The number of hydrogen-bond acceptors (Lipinski definition) is 4. The second-order valence-corrected chi connectivity index (χ2v) is 8.27. The average molecular weight is 422 g/mol. The summed E-state index contributed by atoms with van der Waals surface area (Å²) in [4.78, 5) is 36.0. The molecule has 4 rings (SSSR count). The van der Waals surface area contributed by atoms with Crippen molar-refractivity contribution in [1.29, 1.82) is 0 Å². The first-order chi connectivity index (χ1) is 14.9. The molecule has 0 saturated heterocycles. The zero-order valence-corrected chi connectivity index (χ0v) is 17.3. The molecule has 2 aliphatic rings. The van der Waals surface area contributed by atoms with Crippen LogP contribution in [0.25, 0.3) is 11.1 Å². The van der Waals surface area contributed by atoms with E-state index in [-0.39, 0.29) is 12.5 Å². The summed E-state index contributed by atoms with van der Waals surface area (Å²) in [5.41, 5.74) is 4.48. The quantitative estimate of drug-likeness (QED) is 0.606. The lowest BCUT2D eigenvalue weighted by Crippen LogP contribution is -2.50. The van der Waals surface area contributed by atoms with Gasteiger partial charge in [-0.05, 0) is 41.5 Å². The number of carbonyl (C=O) groups excluding carboxylic acids is 2. The van der Waals surface area contributed by atoms with Crippen molar-refractivity contribution in [3.63, 3.8) is 0 Å². The monoisotopic (exact) mass is 422 g/mol. The van der Waals surface area contributed by atoms with Crippen LogP contribution in [0.5, 0.6) is 0 Å². The van der Waals surface area contributed by atoms with Gasteiger partial charge in [-0.25, -0.2) is 9.59 Å². The molecule has 2 aromatic carbocycles. The van der Waals surface area contributed by atoms with Crippen molar-refractivity contribution in [2.24, 2.45) is 5.92 Å². The van der Waals surface area contributed by atoms with E-state index in [2.05, 4.69) is 22.8 Å². The van der Waals surface area contributed by atoms with Gasteiger partial charge in [-0.15, -0.1) is 0 Å². The Kier molecular flexibility index (Phi) is 5.93. The first-order valence-corrected chi connectivity index (χ1v) is 10.6. The lowest BCUT2D eigenvalue weighted by atomic mass is 9.98. The maximum absolute atomic E-state index is 12.3. The van der Waals surface area contributed by atoms with E-state index in [1.807, 2.05) is 36.4 Å². The minimum atomic E-state index is -1.06. The molecule has 0 aliphatic heterocycles. The summed E-state index contributed by atoms with van der Waals surface area (Å²) < 4.78 is 5.44. The number of hydrogen-bond donors (Lipinski definition) is 3. The SMILES string of the molecule is CC(NC(=O)OCC1c2ccccc2-c2ccccc21)C(=O)NC(CC1CC1)C(=O)O. The fourth-order valence-corrected chi connectivity index (χ4v) is 4.09. The van der Waals surface area contributed by atoms with Crippen LogP contribution < -0.4 is 10.6 Å². The molecule has 2 aliphatic carbocycles. The third-order valence-electron chi connectivity index (χ3n) is 5.95. The second kappa shape index (κ2) is 8.79. The van der Waals surface area contributed by atoms with E-state index in [1.165, 1.54) is 6.92 Å². The highest BCUT2D eigenvalue weighted by atomic mass is 16.5. The predicted molar refractivity (Wildman–Crippen MR) is 115 cm³/mol. The van der Waals surface area contributed by atoms with Gasteiger partial charge in [-0.1, -0.05) is 61.4 Å². The first-order valence-electron chi connectivity index (χ1n) is 10.6.